The number of amides is 1. The number of rotatable bonds is 5. The molecule has 0 fully saturated rings. The molecule has 0 aliphatic heterocycles. The minimum Gasteiger partial charge on any atom is -0.449 e. The van der Waals surface area contributed by atoms with Crippen molar-refractivity contribution in [2.24, 2.45) is 0 Å². The smallest absolute Gasteiger partial charge is 0.375 e. The SMILES string of the molecule is CC[C@@H](OC(=O)c1oc2ccc(F)cc2c1C)C(=O)Nc1cc(C)on1. The summed E-state index contributed by atoms with van der Waals surface area (Å²) in [6.07, 6.45) is -0.786. The molecule has 7 nitrogen and oxygen atoms in total. The van der Waals surface area contributed by atoms with Crippen LogP contribution >= 0.6 is 0 Å². The minimum atomic E-state index is -1.04. The summed E-state index contributed by atoms with van der Waals surface area (Å²) in [5.74, 6) is -1.05. The van der Waals surface area contributed by atoms with Crippen molar-refractivity contribution in [1.82, 2.24) is 5.16 Å². The quantitative estimate of drug-likeness (QED) is 0.696. The number of halogens is 1. The van der Waals surface area contributed by atoms with E-state index in [-0.39, 0.29) is 18.0 Å². The van der Waals surface area contributed by atoms with Gasteiger partial charge in [-0.15, -0.1) is 0 Å². The summed E-state index contributed by atoms with van der Waals surface area (Å²) < 4.78 is 29.0. The van der Waals surface area contributed by atoms with Gasteiger partial charge in [0.05, 0.1) is 0 Å². The van der Waals surface area contributed by atoms with Gasteiger partial charge in [-0.25, -0.2) is 9.18 Å². The van der Waals surface area contributed by atoms with Gasteiger partial charge in [-0.2, -0.15) is 0 Å². The van der Waals surface area contributed by atoms with Gasteiger partial charge in [-0.3, -0.25) is 4.79 Å². The maximum Gasteiger partial charge on any atom is 0.375 e. The monoisotopic (exact) mass is 360 g/mol. The highest BCUT2D eigenvalue weighted by atomic mass is 19.1. The first kappa shape index (κ1) is 17.7. The summed E-state index contributed by atoms with van der Waals surface area (Å²) in [5.41, 5.74) is 0.818. The Bertz CT molecular complexity index is 975. The van der Waals surface area contributed by atoms with Gasteiger partial charge in [-0.05, 0) is 38.5 Å². The van der Waals surface area contributed by atoms with Crippen LogP contribution in [0.25, 0.3) is 11.0 Å². The summed E-state index contributed by atoms with van der Waals surface area (Å²) in [5, 5.41) is 6.66. The molecule has 1 aromatic carbocycles. The van der Waals surface area contributed by atoms with Crippen LogP contribution in [0, 0.1) is 19.7 Å². The predicted molar refractivity (Wildman–Crippen MR) is 90.3 cm³/mol. The van der Waals surface area contributed by atoms with E-state index in [1.165, 1.54) is 18.2 Å². The van der Waals surface area contributed by atoms with Gasteiger partial charge in [0, 0.05) is 17.0 Å². The van der Waals surface area contributed by atoms with Crippen LogP contribution in [0.3, 0.4) is 0 Å². The maximum absolute atomic E-state index is 13.4. The third-order valence-corrected chi connectivity index (χ3v) is 3.88. The van der Waals surface area contributed by atoms with Crippen LogP contribution in [-0.4, -0.2) is 23.1 Å². The van der Waals surface area contributed by atoms with Crippen molar-refractivity contribution in [3.63, 3.8) is 0 Å². The molecule has 136 valence electrons. The third kappa shape index (κ3) is 3.44. The molecule has 0 saturated carbocycles. The third-order valence-electron chi connectivity index (χ3n) is 3.88. The first-order valence-corrected chi connectivity index (χ1v) is 8.03. The van der Waals surface area contributed by atoms with E-state index in [1.54, 1.807) is 26.8 Å². The van der Waals surface area contributed by atoms with Crippen LogP contribution in [0.5, 0.6) is 0 Å². The molecule has 2 heterocycles. The van der Waals surface area contributed by atoms with E-state index in [9.17, 15) is 14.0 Å². The van der Waals surface area contributed by atoms with Crippen molar-refractivity contribution < 1.29 is 27.7 Å². The van der Waals surface area contributed by atoms with Crippen LogP contribution in [-0.2, 0) is 9.53 Å². The Balaban J connectivity index is 1.77. The average molecular weight is 360 g/mol. The number of fused-ring (bicyclic) bond motifs is 1. The van der Waals surface area contributed by atoms with Crippen LogP contribution in [0.2, 0.25) is 0 Å². The van der Waals surface area contributed by atoms with E-state index in [2.05, 4.69) is 10.5 Å². The van der Waals surface area contributed by atoms with Crippen molar-refractivity contribution in [2.45, 2.75) is 33.3 Å². The van der Waals surface area contributed by atoms with Crippen molar-refractivity contribution in [1.29, 1.82) is 0 Å². The van der Waals surface area contributed by atoms with Gasteiger partial charge in [0.15, 0.2) is 11.9 Å². The molecule has 0 aliphatic carbocycles. The number of anilines is 1. The number of furan rings is 1. The Kier molecular flexibility index (Phi) is 4.75. The zero-order valence-electron chi connectivity index (χ0n) is 14.5. The fraction of sp³-hybridized carbons (Fsp3) is 0.278. The zero-order valence-corrected chi connectivity index (χ0v) is 14.5. The lowest BCUT2D eigenvalue weighted by Crippen LogP contribution is -2.32. The van der Waals surface area contributed by atoms with Crippen molar-refractivity contribution >= 4 is 28.7 Å². The molecule has 0 spiro atoms. The molecule has 1 amide bonds. The summed E-state index contributed by atoms with van der Waals surface area (Å²) in [6.45, 7) is 5.01. The van der Waals surface area contributed by atoms with Crippen molar-refractivity contribution in [3.8, 4) is 0 Å². The summed E-state index contributed by atoms with van der Waals surface area (Å²) in [4.78, 5) is 24.7. The van der Waals surface area contributed by atoms with Crippen LogP contribution < -0.4 is 5.32 Å². The lowest BCUT2D eigenvalue weighted by atomic mass is 10.1. The number of nitrogens with zero attached hydrogens (tertiary/aromatic N) is 1. The predicted octanol–water partition coefficient (Wildman–Crippen LogP) is 3.75. The number of benzene rings is 1. The molecule has 1 N–H and O–H groups in total. The van der Waals surface area contributed by atoms with Gasteiger partial charge < -0.3 is 19.0 Å². The first-order valence-electron chi connectivity index (χ1n) is 8.03. The molecule has 3 aromatic rings. The number of hydrogen-bond acceptors (Lipinski definition) is 6. The molecular weight excluding hydrogens is 343 g/mol. The summed E-state index contributed by atoms with van der Waals surface area (Å²) in [7, 11) is 0. The molecule has 8 heteroatoms. The van der Waals surface area contributed by atoms with Gasteiger partial charge >= 0.3 is 5.97 Å². The normalized spacial score (nSPS) is 12.2. The Labute approximate surface area is 148 Å². The molecule has 26 heavy (non-hydrogen) atoms. The largest absolute Gasteiger partial charge is 0.449 e. The summed E-state index contributed by atoms with van der Waals surface area (Å²) in [6, 6.07) is 5.50. The minimum absolute atomic E-state index is 0.0610. The number of nitrogens with one attached hydrogen (secondary N) is 1. The van der Waals surface area contributed by atoms with Crippen LogP contribution in [0.15, 0.2) is 33.2 Å². The fourth-order valence-corrected chi connectivity index (χ4v) is 2.52. The van der Waals surface area contributed by atoms with Gasteiger partial charge in [0.25, 0.3) is 5.91 Å². The lowest BCUT2D eigenvalue weighted by molar-refractivity contribution is -0.124. The molecule has 0 bridgehead atoms. The standard InChI is InChI=1S/C18H17FN2O5/c1-4-13(17(22)20-15-7-9(2)26-21-15)25-18(23)16-10(3)12-8-11(19)5-6-14(12)24-16/h5-8,13H,4H2,1-3H3,(H,20,21,22)/t13-/m1/s1. The first-order chi connectivity index (χ1) is 12.4. The molecule has 0 saturated heterocycles. The number of aryl methyl sites for hydroxylation is 2. The van der Waals surface area contributed by atoms with Crippen molar-refractivity contribution in [3.05, 3.63) is 47.2 Å². The molecular formula is C18H17FN2O5. The molecule has 0 unspecified atom stereocenters. The van der Waals surface area contributed by atoms with E-state index < -0.39 is 23.8 Å². The lowest BCUT2D eigenvalue weighted by Gasteiger charge is -2.14. The van der Waals surface area contributed by atoms with Crippen molar-refractivity contribution in [2.75, 3.05) is 5.32 Å². The molecule has 3 rings (SSSR count). The summed E-state index contributed by atoms with van der Waals surface area (Å²) >= 11 is 0. The highest BCUT2D eigenvalue weighted by Crippen LogP contribution is 2.27. The highest BCUT2D eigenvalue weighted by Gasteiger charge is 2.26. The fourth-order valence-electron chi connectivity index (χ4n) is 2.52. The highest BCUT2D eigenvalue weighted by molar-refractivity contribution is 5.99. The molecule has 2 aromatic heterocycles. The van der Waals surface area contributed by atoms with E-state index in [0.717, 1.165) is 0 Å². The second kappa shape index (κ2) is 6.99. The average Bonchev–Trinajstić information content (AvgIpc) is 3.16. The van der Waals surface area contributed by atoms with E-state index >= 15 is 0 Å². The maximum atomic E-state index is 13.4. The second-order valence-corrected chi connectivity index (χ2v) is 5.81. The number of carbonyl (C=O) groups is 2. The molecule has 0 aliphatic rings. The number of esters is 1. The molecule has 1 atom stereocenters. The van der Waals surface area contributed by atoms with Gasteiger partial charge in [-0.1, -0.05) is 12.1 Å². The Hall–Kier alpha value is -3.16. The Morgan fingerprint density at radius 3 is 2.73 bits per heavy atom. The number of carbonyl (C=O) groups excluding carboxylic acids is 2. The van der Waals surface area contributed by atoms with E-state index in [0.29, 0.717) is 22.3 Å². The number of hydrogen-bond donors (Lipinski definition) is 1. The topological polar surface area (TPSA) is 94.6 Å². The van der Waals surface area contributed by atoms with Gasteiger partial charge in [0.2, 0.25) is 5.76 Å². The van der Waals surface area contributed by atoms with E-state index in [1.807, 2.05) is 0 Å². The molecule has 0 radical (unpaired) electrons. The Morgan fingerprint density at radius 1 is 1.31 bits per heavy atom. The zero-order chi connectivity index (χ0) is 18.8. The van der Waals surface area contributed by atoms with Gasteiger partial charge in [0.1, 0.15) is 17.2 Å². The van der Waals surface area contributed by atoms with E-state index in [4.69, 9.17) is 13.7 Å². The number of ether oxygens (including phenoxy) is 1. The second-order valence-electron chi connectivity index (χ2n) is 5.81. The van der Waals surface area contributed by atoms with Crippen LogP contribution in [0.4, 0.5) is 10.2 Å². The Morgan fingerprint density at radius 2 is 2.08 bits per heavy atom. The number of aromatic nitrogens is 1. The van der Waals surface area contributed by atoms with Crippen LogP contribution in [0.1, 0.15) is 35.2 Å².